The lowest BCUT2D eigenvalue weighted by atomic mass is 10.0. The van der Waals surface area contributed by atoms with Gasteiger partial charge in [0.1, 0.15) is 6.04 Å². The number of nitrogens with zero attached hydrogens (tertiary/aromatic N) is 5. The molecule has 35 heavy (non-hydrogen) atoms. The molecule has 2 aromatic rings. The second-order valence-electron chi connectivity index (χ2n) is 9.89. The molecule has 3 aliphatic rings. The highest BCUT2D eigenvalue weighted by molar-refractivity contribution is 5.83. The molecule has 10 heteroatoms. The molecule has 188 valence electrons. The Bertz CT molecular complexity index is 1060. The van der Waals surface area contributed by atoms with Crippen LogP contribution >= 0.6 is 0 Å². The van der Waals surface area contributed by atoms with Gasteiger partial charge in [0.25, 0.3) is 0 Å². The van der Waals surface area contributed by atoms with Crippen LogP contribution < -0.4 is 4.74 Å². The van der Waals surface area contributed by atoms with Crippen LogP contribution in [0.2, 0.25) is 0 Å². The third-order valence-electron chi connectivity index (χ3n) is 7.14. The smallest absolute Gasteiger partial charge is 0.416 e. The van der Waals surface area contributed by atoms with Crippen molar-refractivity contribution in [1.82, 2.24) is 24.7 Å². The summed E-state index contributed by atoms with van der Waals surface area (Å²) >= 11 is 0. The molecule has 0 radical (unpaired) electrons. The first-order chi connectivity index (χ1) is 16.7. The van der Waals surface area contributed by atoms with Crippen LogP contribution in [0.25, 0.3) is 0 Å². The predicted octanol–water partition coefficient (Wildman–Crippen LogP) is 4.03. The van der Waals surface area contributed by atoms with Crippen LogP contribution in [-0.4, -0.2) is 70.2 Å². The Kier molecular flexibility index (Phi) is 6.43. The highest BCUT2D eigenvalue weighted by Crippen LogP contribution is 2.39. The van der Waals surface area contributed by atoms with E-state index >= 15 is 0 Å². The number of alkyl halides is 3. The molecule has 3 heterocycles. The average Bonchev–Trinajstić information content (AvgIpc) is 3.60. The molecule has 2 saturated heterocycles. The maximum atomic E-state index is 13.6. The van der Waals surface area contributed by atoms with E-state index in [1.54, 1.807) is 42.4 Å². The fraction of sp³-hybridized carbons (Fsp3) is 0.560. The lowest BCUT2D eigenvalue weighted by Gasteiger charge is -2.42. The number of hydrogen-bond donors (Lipinski definition) is 0. The number of benzene rings is 1. The van der Waals surface area contributed by atoms with Crippen molar-refractivity contribution in [3.63, 3.8) is 0 Å². The van der Waals surface area contributed by atoms with Crippen molar-refractivity contribution in [2.24, 2.45) is 0 Å². The van der Waals surface area contributed by atoms with E-state index < -0.39 is 17.8 Å². The molecule has 7 nitrogen and oxygen atoms in total. The lowest BCUT2D eigenvalue weighted by Crippen LogP contribution is -2.55. The van der Waals surface area contributed by atoms with Crippen molar-refractivity contribution in [1.29, 1.82) is 0 Å². The van der Waals surface area contributed by atoms with Gasteiger partial charge in [-0.15, -0.1) is 0 Å². The van der Waals surface area contributed by atoms with Crippen LogP contribution in [0, 0.1) is 0 Å². The first kappa shape index (κ1) is 24.0. The molecular weight excluding hydrogens is 459 g/mol. The molecule has 3 fully saturated rings. The van der Waals surface area contributed by atoms with Gasteiger partial charge in [-0.05, 0) is 63.9 Å². The number of rotatable bonds is 6. The van der Waals surface area contributed by atoms with Gasteiger partial charge in [0.05, 0.1) is 30.3 Å². The van der Waals surface area contributed by atoms with E-state index in [0.29, 0.717) is 36.6 Å². The number of aromatic nitrogens is 2. The van der Waals surface area contributed by atoms with Crippen LogP contribution in [-0.2, 0) is 11.0 Å². The number of halogens is 3. The van der Waals surface area contributed by atoms with Gasteiger partial charge in [-0.1, -0.05) is 12.1 Å². The summed E-state index contributed by atoms with van der Waals surface area (Å²) in [5.74, 6) is 0.779. The van der Waals surface area contributed by atoms with Crippen LogP contribution in [0.5, 0.6) is 5.88 Å². The Morgan fingerprint density at radius 2 is 1.91 bits per heavy atom. The van der Waals surface area contributed by atoms with Crippen molar-refractivity contribution in [3.05, 3.63) is 53.5 Å². The largest absolute Gasteiger partial charge is 0.457 e. The van der Waals surface area contributed by atoms with Gasteiger partial charge in [-0.3, -0.25) is 14.7 Å². The summed E-state index contributed by atoms with van der Waals surface area (Å²) in [7, 11) is 3.42. The molecule has 0 N–H and O–H groups in total. The van der Waals surface area contributed by atoms with Crippen molar-refractivity contribution >= 4 is 5.91 Å². The number of fused-ring (bicyclic) bond motifs is 1. The normalized spacial score (nSPS) is 23.9. The Labute approximate surface area is 202 Å². The van der Waals surface area contributed by atoms with E-state index in [2.05, 4.69) is 14.9 Å². The van der Waals surface area contributed by atoms with Gasteiger partial charge < -0.3 is 9.64 Å². The minimum Gasteiger partial charge on any atom is -0.457 e. The molecule has 1 aliphatic carbocycles. The molecule has 1 amide bonds. The van der Waals surface area contributed by atoms with Crippen LogP contribution in [0.3, 0.4) is 0 Å². The summed E-state index contributed by atoms with van der Waals surface area (Å²) in [6, 6.07) is 4.52. The quantitative estimate of drug-likeness (QED) is 0.611. The molecule has 1 saturated carbocycles. The zero-order chi connectivity index (χ0) is 24.7. The Balaban J connectivity index is 1.29. The monoisotopic (exact) mass is 489 g/mol. The molecule has 1 aromatic heterocycles. The first-order valence-electron chi connectivity index (χ1n) is 12.1. The maximum absolute atomic E-state index is 13.6. The minimum absolute atomic E-state index is 0.216. The summed E-state index contributed by atoms with van der Waals surface area (Å²) in [6.07, 6.45) is 3.66. The fourth-order valence-corrected chi connectivity index (χ4v) is 5.13. The Hall–Kier alpha value is -2.72. The predicted molar refractivity (Wildman–Crippen MR) is 122 cm³/mol. The molecule has 2 aliphatic heterocycles. The zero-order valence-corrected chi connectivity index (χ0v) is 19.9. The molecule has 1 aromatic carbocycles. The highest BCUT2D eigenvalue weighted by Gasteiger charge is 2.42. The molecule has 0 bridgehead atoms. The van der Waals surface area contributed by atoms with E-state index in [-0.39, 0.29) is 12.1 Å². The number of likely N-dealkylation sites (N-methyl/N-ethyl adjacent to an activating group) is 1. The van der Waals surface area contributed by atoms with E-state index in [9.17, 15) is 18.0 Å². The summed E-state index contributed by atoms with van der Waals surface area (Å²) in [6.45, 7) is 0.928. The van der Waals surface area contributed by atoms with Gasteiger partial charge in [0, 0.05) is 18.5 Å². The second kappa shape index (κ2) is 9.39. The Morgan fingerprint density at radius 1 is 1.11 bits per heavy atom. The van der Waals surface area contributed by atoms with E-state index in [4.69, 9.17) is 4.74 Å². The first-order valence-corrected chi connectivity index (χ1v) is 12.1. The minimum atomic E-state index is -4.46. The summed E-state index contributed by atoms with van der Waals surface area (Å²) in [5, 5.41) is 0. The highest BCUT2D eigenvalue weighted by atomic mass is 19.4. The standard InChI is InChI=1S/C25H30F3N5O2/c1-31(2)23(17-4-3-5-18(12-17)25(26,27)28)24(34)32-11-10-19-8-9-22(33(19)15-32)35-21-14-29-20(13-30-21)16-6-7-16/h3-5,12-14,16,19,22-23H,6-11,15H2,1-2H3/t19-,22-,23?/m0/s1. The number of carbonyl (C=O) groups excluding carboxylic acids is 1. The number of ether oxygens (including phenoxy) is 1. The summed E-state index contributed by atoms with van der Waals surface area (Å²) in [4.78, 5) is 28.0. The van der Waals surface area contributed by atoms with Crippen molar-refractivity contribution in [3.8, 4) is 5.88 Å². The molecule has 1 unspecified atom stereocenters. The number of amides is 1. The van der Waals surface area contributed by atoms with E-state index in [0.717, 1.165) is 49.9 Å². The summed E-state index contributed by atoms with van der Waals surface area (Å²) < 4.78 is 46.0. The average molecular weight is 490 g/mol. The van der Waals surface area contributed by atoms with Gasteiger partial charge in [0.2, 0.25) is 11.8 Å². The van der Waals surface area contributed by atoms with E-state index in [1.807, 2.05) is 0 Å². The molecule has 3 atom stereocenters. The summed E-state index contributed by atoms with van der Waals surface area (Å²) in [5.41, 5.74) is 0.577. The second-order valence-corrected chi connectivity index (χ2v) is 9.89. The lowest BCUT2D eigenvalue weighted by molar-refractivity contribution is -0.144. The van der Waals surface area contributed by atoms with Crippen molar-refractivity contribution < 1.29 is 22.7 Å². The molecule has 5 rings (SSSR count). The van der Waals surface area contributed by atoms with Gasteiger partial charge in [0.15, 0.2) is 6.23 Å². The molecule has 0 spiro atoms. The number of hydrogen-bond acceptors (Lipinski definition) is 6. The van der Waals surface area contributed by atoms with Crippen LogP contribution in [0.4, 0.5) is 13.2 Å². The molecular formula is C25H30F3N5O2. The Morgan fingerprint density at radius 3 is 2.57 bits per heavy atom. The fourth-order valence-electron chi connectivity index (χ4n) is 5.13. The van der Waals surface area contributed by atoms with Gasteiger partial charge in [-0.2, -0.15) is 13.2 Å². The van der Waals surface area contributed by atoms with Crippen LogP contribution in [0.1, 0.15) is 60.9 Å². The topological polar surface area (TPSA) is 61.8 Å². The van der Waals surface area contributed by atoms with Gasteiger partial charge in [-0.25, -0.2) is 9.88 Å². The number of carbonyl (C=O) groups is 1. The SMILES string of the molecule is CN(C)C(C(=O)N1CC[C@@H]2CC[C@H](Oc3cnc(C4CC4)cn3)N2C1)c1cccc(C(F)(F)F)c1. The van der Waals surface area contributed by atoms with Crippen molar-refractivity contribution in [2.45, 2.75) is 62.5 Å². The zero-order valence-electron chi connectivity index (χ0n) is 19.9. The van der Waals surface area contributed by atoms with Gasteiger partial charge >= 0.3 is 6.18 Å². The third kappa shape index (κ3) is 5.13. The van der Waals surface area contributed by atoms with E-state index in [1.165, 1.54) is 6.07 Å². The maximum Gasteiger partial charge on any atom is 0.416 e. The van der Waals surface area contributed by atoms with Crippen molar-refractivity contribution in [2.75, 3.05) is 27.3 Å². The van der Waals surface area contributed by atoms with Crippen LogP contribution in [0.15, 0.2) is 36.7 Å². The third-order valence-corrected chi connectivity index (χ3v) is 7.14.